The maximum atomic E-state index is 13.1. The third-order valence-corrected chi connectivity index (χ3v) is 6.18. The zero-order valence-electron chi connectivity index (χ0n) is 33.4. The monoisotopic (exact) mass is 710 g/mol. The Kier molecular flexibility index (Phi) is 22.7. The third kappa shape index (κ3) is 30.6. The van der Waals surface area contributed by atoms with Crippen LogP contribution in [0, 0.1) is 18.7 Å². The van der Waals surface area contributed by atoms with Crippen LogP contribution in [-0.4, -0.2) is 69.7 Å². The number of nitrogens with one attached hydrogen (secondary N) is 4. The number of aryl methyl sites for hydroxylation is 1. The van der Waals surface area contributed by atoms with E-state index in [4.69, 9.17) is 0 Å². The fourth-order valence-corrected chi connectivity index (χ4v) is 4.52. The van der Waals surface area contributed by atoms with Gasteiger partial charge < -0.3 is 26.2 Å². The molecule has 4 N–H and O–H groups in total. The van der Waals surface area contributed by atoms with Crippen molar-refractivity contribution < 1.29 is 28.4 Å². The standard InChI is InChI=1S/C13H18FNO.C12H22N2O2.C7H15NO.C6H13NO.CH4/c1-9-5-10(7-11(14)6-9)8-12(16)15-13(2,3)4;1-9(15)14-7-5-10(6-8-14)11(16)13-12(2,3)4;1-5-6(9)8-7(2,3)4;1-5(8)7-6(2,3)4;/h5-7H,8H2,1-4H3,(H,15,16);10H,5-8H2,1-4H3,(H,13,16);5H2,1-4H3,(H,8,9);1-4H3,(H,7,8);1H4. The highest BCUT2D eigenvalue weighted by Gasteiger charge is 2.28. The lowest BCUT2D eigenvalue weighted by atomic mass is 9.94. The minimum Gasteiger partial charge on any atom is -0.352 e. The molecule has 11 heteroatoms. The van der Waals surface area contributed by atoms with Crippen LogP contribution in [0.2, 0.25) is 0 Å². The van der Waals surface area contributed by atoms with Crippen molar-refractivity contribution in [3.05, 3.63) is 35.1 Å². The van der Waals surface area contributed by atoms with Crippen molar-refractivity contribution in [3.8, 4) is 0 Å². The number of likely N-dealkylation sites (tertiary alicyclic amines) is 1. The van der Waals surface area contributed by atoms with Crippen LogP contribution in [-0.2, 0) is 30.4 Å². The Bertz CT molecular complexity index is 1190. The maximum Gasteiger partial charge on any atom is 0.224 e. The highest BCUT2D eigenvalue weighted by atomic mass is 19.1. The van der Waals surface area contributed by atoms with E-state index in [2.05, 4.69) is 21.3 Å². The lowest BCUT2D eigenvalue weighted by Crippen LogP contribution is -2.47. The maximum absolute atomic E-state index is 13.1. The van der Waals surface area contributed by atoms with Gasteiger partial charge in [0.2, 0.25) is 29.5 Å². The molecule has 0 saturated carbocycles. The zero-order valence-corrected chi connectivity index (χ0v) is 33.4. The zero-order chi connectivity index (χ0) is 39.0. The van der Waals surface area contributed by atoms with Crippen molar-refractivity contribution in [2.45, 2.75) is 166 Å². The number of carbonyl (C=O) groups is 5. The highest BCUT2D eigenvalue weighted by molar-refractivity contribution is 5.80. The second-order valence-corrected chi connectivity index (χ2v) is 16.7. The van der Waals surface area contributed by atoms with Gasteiger partial charge in [-0.3, -0.25) is 24.0 Å². The normalized spacial score (nSPS) is 13.3. The quantitative estimate of drug-likeness (QED) is 0.279. The molecule has 0 spiro atoms. The predicted octanol–water partition coefficient (Wildman–Crippen LogP) is 6.62. The van der Waals surface area contributed by atoms with Crippen molar-refractivity contribution in [2.24, 2.45) is 5.92 Å². The smallest absolute Gasteiger partial charge is 0.224 e. The van der Waals surface area contributed by atoms with Crippen LogP contribution in [0.3, 0.4) is 0 Å². The molecule has 0 aliphatic carbocycles. The summed E-state index contributed by atoms with van der Waals surface area (Å²) in [6, 6.07) is 4.67. The first-order valence-corrected chi connectivity index (χ1v) is 17.2. The number of carbonyl (C=O) groups excluding carboxylic acids is 5. The van der Waals surface area contributed by atoms with Gasteiger partial charge in [-0.15, -0.1) is 0 Å². The molecule has 5 amide bonds. The number of benzene rings is 1. The number of hydrogen-bond acceptors (Lipinski definition) is 5. The summed E-state index contributed by atoms with van der Waals surface area (Å²) in [5.41, 5.74) is 0.963. The molecule has 10 nitrogen and oxygen atoms in total. The first-order chi connectivity index (χ1) is 21.9. The van der Waals surface area contributed by atoms with Crippen LogP contribution in [0.15, 0.2) is 18.2 Å². The molecule has 1 aliphatic rings. The number of rotatable bonds is 4. The first-order valence-electron chi connectivity index (χ1n) is 17.2. The van der Waals surface area contributed by atoms with E-state index in [0.717, 1.165) is 18.4 Å². The lowest BCUT2D eigenvalue weighted by molar-refractivity contribution is -0.134. The van der Waals surface area contributed by atoms with Crippen molar-refractivity contribution in [3.63, 3.8) is 0 Å². The van der Waals surface area contributed by atoms with Gasteiger partial charge in [0.05, 0.1) is 6.42 Å². The van der Waals surface area contributed by atoms with Gasteiger partial charge in [-0.2, -0.15) is 0 Å². The Morgan fingerprint density at radius 3 is 1.42 bits per heavy atom. The van der Waals surface area contributed by atoms with E-state index in [0.29, 0.717) is 25.1 Å². The molecule has 1 saturated heterocycles. The SMILES string of the molecule is C.CC(=O)N1CCC(C(=O)NC(C)(C)C)CC1.CC(=O)NC(C)(C)C.CCC(=O)NC(C)(C)C.Cc1cc(F)cc(CC(=O)NC(C)(C)C)c1. The number of hydrogen-bond donors (Lipinski definition) is 4. The minimum atomic E-state index is -0.293. The summed E-state index contributed by atoms with van der Waals surface area (Å²) in [6.07, 6.45) is 2.34. The van der Waals surface area contributed by atoms with Gasteiger partial charge in [-0.1, -0.05) is 20.4 Å². The Morgan fingerprint density at radius 1 is 0.700 bits per heavy atom. The van der Waals surface area contributed by atoms with Gasteiger partial charge in [-0.05, 0) is 126 Å². The Balaban J connectivity index is -0.000000612. The predicted molar refractivity (Wildman–Crippen MR) is 204 cm³/mol. The van der Waals surface area contributed by atoms with Crippen LogP contribution >= 0.6 is 0 Å². The van der Waals surface area contributed by atoms with Gasteiger partial charge in [0.1, 0.15) is 5.82 Å². The van der Waals surface area contributed by atoms with Gasteiger partial charge in [0.15, 0.2) is 0 Å². The van der Waals surface area contributed by atoms with Crippen LogP contribution < -0.4 is 21.3 Å². The molecule has 0 radical (unpaired) electrons. The van der Waals surface area contributed by atoms with Crippen molar-refractivity contribution in [1.82, 2.24) is 26.2 Å². The molecular weight excluding hydrogens is 637 g/mol. The van der Waals surface area contributed by atoms with Crippen molar-refractivity contribution in [1.29, 1.82) is 0 Å². The average molecular weight is 710 g/mol. The van der Waals surface area contributed by atoms with Crippen LogP contribution in [0.25, 0.3) is 0 Å². The molecule has 0 bridgehead atoms. The van der Waals surface area contributed by atoms with E-state index in [1.165, 1.54) is 19.1 Å². The molecule has 1 aliphatic heterocycles. The Morgan fingerprint density at radius 2 is 1.12 bits per heavy atom. The highest BCUT2D eigenvalue weighted by Crippen LogP contribution is 2.18. The van der Waals surface area contributed by atoms with E-state index in [-0.39, 0.29) is 77.3 Å². The fraction of sp³-hybridized carbons (Fsp3) is 0.718. The van der Waals surface area contributed by atoms with E-state index in [1.54, 1.807) is 11.8 Å². The van der Waals surface area contributed by atoms with Crippen LogP contribution in [0.5, 0.6) is 0 Å². The molecule has 1 heterocycles. The molecular formula is C39H72FN5O5. The second kappa shape index (κ2) is 22.3. The molecule has 1 aromatic carbocycles. The van der Waals surface area contributed by atoms with E-state index >= 15 is 0 Å². The van der Waals surface area contributed by atoms with E-state index in [1.807, 2.05) is 103 Å². The van der Waals surface area contributed by atoms with Gasteiger partial charge in [-0.25, -0.2) is 4.39 Å². The second-order valence-electron chi connectivity index (χ2n) is 16.7. The number of halogens is 1. The lowest BCUT2D eigenvalue weighted by Gasteiger charge is -2.32. The van der Waals surface area contributed by atoms with Crippen LogP contribution in [0.1, 0.15) is 142 Å². The molecule has 0 unspecified atom stereocenters. The van der Waals surface area contributed by atoms with E-state index < -0.39 is 0 Å². The van der Waals surface area contributed by atoms with E-state index in [9.17, 15) is 28.4 Å². The third-order valence-electron chi connectivity index (χ3n) is 6.18. The Labute approximate surface area is 303 Å². The molecule has 290 valence electrons. The average Bonchev–Trinajstić information content (AvgIpc) is 2.84. The topological polar surface area (TPSA) is 137 Å². The summed E-state index contributed by atoms with van der Waals surface area (Å²) in [6.45, 7) is 31.6. The molecule has 0 atom stereocenters. The molecule has 1 fully saturated rings. The summed E-state index contributed by atoms with van der Waals surface area (Å²) in [5, 5.41) is 11.4. The summed E-state index contributed by atoms with van der Waals surface area (Å²) < 4.78 is 13.1. The Hall–Kier alpha value is -3.50. The number of nitrogens with zero attached hydrogens (tertiary/aromatic N) is 1. The molecule has 2 rings (SSSR count). The summed E-state index contributed by atoms with van der Waals surface area (Å²) in [7, 11) is 0. The van der Waals surface area contributed by atoms with Crippen molar-refractivity contribution in [2.75, 3.05) is 13.1 Å². The van der Waals surface area contributed by atoms with Gasteiger partial charge in [0.25, 0.3) is 0 Å². The summed E-state index contributed by atoms with van der Waals surface area (Å²) in [5.74, 6) is 0.0521. The largest absolute Gasteiger partial charge is 0.352 e. The van der Waals surface area contributed by atoms with Gasteiger partial charge >= 0.3 is 0 Å². The first kappa shape index (κ1) is 50.9. The van der Waals surface area contributed by atoms with Crippen LogP contribution in [0.4, 0.5) is 4.39 Å². The fourth-order valence-electron chi connectivity index (χ4n) is 4.52. The molecule has 1 aromatic rings. The van der Waals surface area contributed by atoms with Gasteiger partial charge in [0, 0.05) is 61.4 Å². The van der Waals surface area contributed by atoms with Crippen molar-refractivity contribution >= 4 is 29.5 Å². The molecule has 0 aromatic heterocycles. The molecule has 50 heavy (non-hydrogen) atoms. The number of piperidine rings is 1. The minimum absolute atomic E-state index is 0. The summed E-state index contributed by atoms with van der Waals surface area (Å²) >= 11 is 0. The number of amides is 5. The summed E-state index contributed by atoms with van der Waals surface area (Å²) in [4.78, 5) is 57.5.